The fourth-order valence-corrected chi connectivity index (χ4v) is 3.59. The number of nitrogens with one attached hydrogen (secondary N) is 1. The Kier molecular flexibility index (Phi) is 4.69. The quantitative estimate of drug-likeness (QED) is 0.906. The van der Waals surface area contributed by atoms with Crippen molar-refractivity contribution < 1.29 is 17.5 Å². The molecule has 0 aromatic heterocycles. The van der Waals surface area contributed by atoms with Crippen molar-refractivity contribution in [2.45, 2.75) is 31.1 Å². The van der Waals surface area contributed by atoms with Crippen LogP contribution in [0.15, 0.2) is 18.2 Å². The maximum Gasteiger partial charge on any atom is 0.215 e. The van der Waals surface area contributed by atoms with E-state index in [1.807, 2.05) is 6.92 Å². The Morgan fingerprint density at radius 1 is 1.50 bits per heavy atom. The number of rotatable bonds is 5. The van der Waals surface area contributed by atoms with E-state index < -0.39 is 21.4 Å². The third kappa shape index (κ3) is 4.15. The number of hydrogen-bond donors (Lipinski definition) is 1. The normalized spacial score (nSPS) is 23.1. The Bertz CT molecular complexity index is 585. The molecule has 0 bridgehead atoms. The molecule has 1 unspecified atom stereocenters. The van der Waals surface area contributed by atoms with Crippen LogP contribution in [0.2, 0.25) is 5.02 Å². The van der Waals surface area contributed by atoms with Crippen LogP contribution in [-0.4, -0.2) is 27.2 Å². The van der Waals surface area contributed by atoms with Gasteiger partial charge >= 0.3 is 0 Å². The first-order valence-corrected chi connectivity index (χ1v) is 8.38. The van der Waals surface area contributed by atoms with Gasteiger partial charge in [-0.2, -0.15) is 0 Å². The molecule has 1 N–H and O–H groups in total. The summed E-state index contributed by atoms with van der Waals surface area (Å²) in [6.45, 7) is 2.79. The lowest BCUT2D eigenvalue weighted by Gasteiger charge is -2.23. The molecule has 0 amide bonds. The number of ether oxygens (including phenoxy) is 1. The highest BCUT2D eigenvalue weighted by atomic mass is 35.5. The second-order valence-corrected chi connectivity index (χ2v) is 7.44. The summed E-state index contributed by atoms with van der Waals surface area (Å²) in [7, 11) is -3.50. The minimum absolute atomic E-state index is 0.0798. The highest BCUT2D eigenvalue weighted by Gasteiger charge is 2.31. The molecular weight excluding hydrogens is 305 g/mol. The molecule has 1 aliphatic rings. The topological polar surface area (TPSA) is 55.4 Å². The minimum atomic E-state index is -3.50. The summed E-state index contributed by atoms with van der Waals surface area (Å²) >= 11 is 5.64. The van der Waals surface area contributed by atoms with Crippen LogP contribution in [-0.2, 0) is 20.5 Å². The summed E-state index contributed by atoms with van der Waals surface area (Å²) in [6.07, 6.45) is 1.77. The lowest BCUT2D eigenvalue weighted by Crippen LogP contribution is -2.40. The van der Waals surface area contributed by atoms with Gasteiger partial charge in [-0.3, -0.25) is 0 Å². The summed E-state index contributed by atoms with van der Waals surface area (Å²) in [5, 5.41) is -0.0798. The van der Waals surface area contributed by atoms with E-state index in [9.17, 15) is 12.8 Å². The van der Waals surface area contributed by atoms with E-state index in [1.54, 1.807) is 0 Å². The molecule has 1 atom stereocenters. The average Bonchev–Trinajstić information content (AvgIpc) is 2.79. The zero-order valence-corrected chi connectivity index (χ0v) is 12.7. The van der Waals surface area contributed by atoms with Gasteiger partial charge in [-0.15, -0.1) is 0 Å². The first-order valence-electron chi connectivity index (χ1n) is 6.35. The fourth-order valence-electron chi connectivity index (χ4n) is 2.14. The second-order valence-electron chi connectivity index (χ2n) is 5.23. The number of hydrogen-bond acceptors (Lipinski definition) is 3. The molecule has 112 valence electrons. The Hall–Kier alpha value is -0.690. The highest BCUT2D eigenvalue weighted by Crippen LogP contribution is 2.24. The molecule has 0 saturated carbocycles. The first kappa shape index (κ1) is 15.7. The predicted molar refractivity (Wildman–Crippen MR) is 75.6 cm³/mol. The van der Waals surface area contributed by atoms with Crippen molar-refractivity contribution in [3.05, 3.63) is 34.6 Å². The van der Waals surface area contributed by atoms with Gasteiger partial charge in [-0.05, 0) is 37.5 Å². The first-order chi connectivity index (χ1) is 9.30. The zero-order chi connectivity index (χ0) is 14.8. The molecule has 1 saturated heterocycles. The summed E-state index contributed by atoms with van der Waals surface area (Å²) in [5.41, 5.74) is 0.00874. The van der Waals surface area contributed by atoms with Crippen molar-refractivity contribution >= 4 is 21.6 Å². The molecule has 1 aromatic carbocycles. The smallest absolute Gasteiger partial charge is 0.215 e. The zero-order valence-electron chi connectivity index (χ0n) is 11.2. The van der Waals surface area contributed by atoms with E-state index in [2.05, 4.69) is 4.72 Å². The van der Waals surface area contributed by atoms with Gasteiger partial charge in [0.15, 0.2) is 0 Å². The lowest BCUT2D eigenvalue weighted by atomic mass is 10.0. The molecule has 1 aromatic rings. The Balaban J connectivity index is 1.98. The van der Waals surface area contributed by atoms with Gasteiger partial charge < -0.3 is 4.74 Å². The Labute approximate surface area is 123 Å². The molecule has 1 fully saturated rings. The van der Waals surface area contributed by atoms with E-state index in [-0.39, 0.29) is 17.3 Å². The maximum atomic E-state index is 13.0. The van der Waals surface area contributed by atoms with E-state index in [0.717, 1.165) is 18.9 Å². The van der Waals surface area contributed by atoms with Crippen LogP contribution in [0.4, 0.5) is 4.39 Å². The van der Waals surface area contributed by atoms with Crippen LogP contribution in [0.1, 0.15) is 25.3 Å². The predicted octanol–water partition coefficient (Wildman–Crippen LogP) is 2.47. The third-order valence-corrected chi connectivity index (χ3v) is 4.89. The number of sulfonamides is 1. The van der Waals surface area contributed by atoms with Gasteiger partial charge in [0.05, 0.1) is 16.4 Å². The van der Waals surface area contributed by atoms with Crippen LogP contribution < -0.4 is 4.72 Å². The van der Waals surface area contributed by atoms with Crippen LogP contribution in [0, 0.1) is 5.82 Å². The molecule has 1 heterocycles. The minimum Gasteiger partial charge on any atom is -0.374 e. The molecule has 2 rings (SSSR count). The van der Waals surface area contributed by atoms with Crippen LogP contribution in [0.3, 0.4) is 0 Å². The van der Waals surface area contributed by atoms with Crippen LogP contribution >= 0.6 is 11.6 Å². The van der Waals surface area contributed by atoms with E-state index in [4.69, 9.17) is 16.3 Å². The standard InChI is InChI=1S/C13H17ClFNO3S/c1-13(5-2-6-19-13)9-16-20(17,18)8-10-3-4-12(15)11(14)7-10/h3-4,7,16H,2,5-6,8-9H2,1H3. The van der Waals surface area contributed by atoms with Gasteiger partial charge in [0.1, 0.15) is 5.82 Å². The van der Waals surface area contributed by atoms with Gasteiger partial charge in [0.2, 0.25) is 10.0 Å². The molecular formula is C13H17ClFNO3S. The van der Waals surface area contributed by atoms with Crippen molar-refractivity contribution in [3.8, 4) is 0 Å². The van der Waals surface area contributed by atoms with Crippen molar-refractivity contribution in [2.75, 3.05) is 13.2 Å². The van der Waals surface area contributed by atoms with Gasteiger partial charge in [-0.1, -0.05) is 17.7 Å². The average molecular weight is 322 g/mol. The summed E-state index contributed by atoms with van der Waals surface area (Å²) in [5.74, 6) is -0.795. The molecule has 0 aliphatic carbocycles. The highest BCUT2D eigenvalue weighted by molar-refractivity contribution is 7.88. The third-order valence-electron chi connectivity index (χ3n) is 3.31. The number of benzene rings is 1. The lowest BCUT2D eigenvalue weighted by molar-refractivity contribution is 0.0250. The van der Waals surface area contributed by atoms with Crippen molar-refractivity contribution in [1.29, 1.82) is 0 Å². The summed E-state index contributed by atoms with van der Waals surface area (Å²) in [6, 6.07) is 3.90. The molecule has 7 heteroatoms. The van der Waals surface area contributed by atoms with Crippen molar-refractivity contribution in [3.63, 3.8) is 0 Å². The fraction of sp³-hybridized carbons (Fsp3) is 0.538. The molecule has 0 radical (unpaired) electrons. The molecule has 4 nitrogen and oxygen atoms in total. The summed E-state index contributed by atoms with van der Waals surface area (Å²) in [4.78, 5) is 0. The number of halogens is 2. The summed E-state index contributed by atoms with van der Waals surface area (Å²) < 4.78 is 45.1. The maximum absolute atomic E-state index is 13.0. The van der Waals surface area contributed by atoms with E-state index in [0.29, 0.717) is 12.2 Å². The van der Waals surface area contributed by atoms with Crippen LogP contribution in [0.5, 0.6) is 0 Å². The largest absolute Gasteiger partial charge is 0.374 e. The molecule has 0 spiro atoms. The van der Waals surface area contributed by atoms with Crippen molar-refractivity contribution in [2.24, 2.45) is 0 Å². The SMILES string of the molecule is CC1(CNS(=O)(=O)Cc2ccc(F)c(Cl)c2)CCCO1. The second kappa shape index (κ2) is 5.97. The van der Waals surface area contributed by atoms with Gasteiger partial charge in [0.25, 0.3) is 0 Å². The Morgan fingerprint density at radius 3 is 2.85 bits per heavy atom. The van der Waals surface area contributed by atoms with Crippen molar-refractivity contribution in [1.82, 2.24) is 4.72 Å². The molecule has 1 aliphatic heterocycles. The van der Waals surface area contributed by atoms with Gasteiger partial charge in [-0.25, -0.2) is 17.5 Å². The van der Waals surface area contributed by atoms with Gasteiger partial charge in [0, 0.05) is 13.2 Å². The molecule has 20 heavy (non-hydrogen) atoms. The van der Waals surface area contributed by atoms with Crippen LogP contribution in [0.25, 0.3) is 0 Å². The van der Waals surface area contributed by atoms with E-state index in [1.165, 1.54) is 12.1 Å². The Morgan fingerprint density at radius 2 is 2.25 bits per heavy atom. The monoisotopic (exact) mass is 321 g/mol. The van der Waals surface area contributed by atoms with E-state index >= 15 is 0 Å².